The molecular weight excluding hydrogens is 306 g/mol. The molecule has 0 spiro atoms. The van der Waals surface area contributed by atoms with E-state index in [1.54, 1.807) is 16.0 Å². The standard InChI is InChI=1S/C18H21N3OS/c1-13-6-8-20(19-13)12-18(22)17-11-14(2)21(15(17)3)9-7-16-5-4-10-23-16/h4-6,8,10-11H,7,9,12H2,1-3H3. The molecule has 0 atom stereocenters. The molecule has 3 rings (SSSR count). The van der Waals surface area contributed by atoms with Gasteiger partial charge >= 0.3 is 0 Å². The molecule has 0 amide bonds. The van der Waals surface area contributed by atoms with Crippen molar-refractivity contribution in [3.63, 3.8) is 0 Å². The minimum absolute atomic E-state index is 0.114. The molecule has 3 aromatic rings. The maximum absolute atomic E-state index is 12.6. The fourth-order valence-corrected chi connectivity index (χ4v) is 3.59. The predicted molar refractivity (Wildman–Crippen MR) is 93.2 cm³/mol. The van der Waals surface area contributed by atoms with Crippen LogP contribution in [0, 0.1) is 20.8 Å². The van der Waals surface area contributed by atoms with Crippen LogP contribution in [-0.4, -0.2) is 20.1 Å². The highest BCUT2D eigenvalue weighted by molar-refractivity contribution is 7.09. The van der Waals surface area contributed by atoms with Gasteiger partial charge < -0.3 is 4.57 Å². The van der Waals surface area contributed by atoms with E-state index in [1.807, 2.05) is 32.2 Å². The summed E-state index contributed by atoms with van der Waals surface area (Å²) in [6.45, 7) is 7.23. The molecule has 0 aromatic carbocycles. The summed E-state index contributed by atoms with van der Waals surface area (Å²) in [7, 11) is 0. The van der Waals surface area contributed by atoms with Gasteiger partial charge in [-0.25, -0.2) is 0 Å². The van der Waals surface area contributed by atoms with Crippen molar-refractivity contribution in [2.45, 2.75) is 40.3 Å². The zero-order valence-corrected chi connectivity index (χ0v) is 14.6. The van der Waals surface area contributed by atoms with E-state index in [0.29, 0.717) is 6.54 Å². The van der Waals surface area contributed by atoms with Crippen LogP contribution in [0.15, 0.2) is 35.8 Å². The SMILES string of the molecule is Cc1ccn(CC(=O)c2cc(C)n(CCc3cccs3)c2C)n1. The van der Waals surface area contributed by atoms with Crippen LogP contribution < -0.4 is 0 Å². The van der Waals surface area contributed by atoms with Crippen LogP contribution in [0.1, 0.15) is 32.3 Å². The van der Waals surface area contributed by atoms with Crippen LogP contribution >= 0.6 is 11.3 Å². The van der Waals surface area contributed by atoms with Gasteiger partial charge in [-0.05, 0) is 50.8 Å². The van der Waals surface area contributed by atoms with Gasteiger partial charge in [-0.3, -0.25) is 9.48 Å². The number of thiophene rings is 1. The number of aromatic nitrogens is 3. The number of nitrogens with zero attached hydrogens (tertiary/aromatic N) is 3. The lowest BCUT2D eigenvalue weighted by Gasteiger charge is -2.09. The van der Waals surface area contributed by atoms with Crippen molar-refractivity contribution in [1.82, 2.24) is 14.3 Å². The summed E-state index contributed by atoms with van der Waals surface area (Å²) in [6, 6.07) is 8.15. The molecule has 0 radical (unpaired) electrons. The van der Waals surface area contributed by atoms with Crippen molar-refractivity contribution in [2.75, 3.05) is 0 Å². The summed E-state index contributed by atoms with van der Waals surface area (Å²) >= 11 is 1.78. The van der Waals surface area contributed by atoms with E-state index in [2.05, 4.69) is 34.1 Å². The van der Waals surface area contributed by atoms with Crippen LogP contribution in [-0.2, 0) is 19.5 Å². The first-order chi connectivity index (χ1) is 11.0. The summed E-state index contributed by atoms with van der Waals surface area (Å²) in [5.41, 5.74) is 3.92. The first-order valence-electron chi connectivity index (χ1n) is 7.77. The fraction of sp³-hybridized carbons (Fsp3) is 0.333. The third-order valence-corrected chi connectivity index (χ3v) is 5.05. The zero-order chi connectivity index (χ0) is 16.4. The smallest absolute Gasteiger partial charge is 0.186 e. The van der Waals surface area contributed by atoms with Gasteiger partial charge in [0.25, 0.3) is 0 Å². The third-order valence-electron chi connectivity index (χ3n) is 4.12. The monoisotopic (exact) mass is 327 g/mol. The van der Waals surface area contributed by atoms with Crippen molar-refractivity contribution >= 4 is 17.1 Å². The molecule has 0 bridgehead atoms. The summed E-state index contributed by atoms with van der Waals surface area (Å²) in [4.78, 5) is 13.9. The molecule has 3 heterocycles. The highest BCUT2D eigenvalue weighted by Crippen LogP contribution is 2.18. The van der Waals surface area contributed by atoms with Gasteiger partial charge in [-0.15, -0.1) is 11.3 Å². The Hall–Kier alpha value is -2.14. The van der Waals surface area contributed by atoms with E-state index in [1.165, 1.54) is 4.88 Å². The lowest BCUT2D eigenvalue weighted by molar-refractivity contribution is 0.0967. The fourth-order valence-electron chi connectivity index (χ4n) is 2.89. The molecule has 4 nitrogen and oxygen atoms in total. The largest absolute Gasteiger partial charge is 0.348 e. The second-order valence-electron chi connectivity index (χ2n) is 5.84. The van der Waals surface area contributed by atoms with Crippen molar-refractivity contribution in [1.29, 1.82) is 0 Å². The molecule has 0 unspecified atom stereocenters. The topological polar surface area (TPSA) is 39.8 Å². The summed E-state index contributed by atoms with van der Waals surface area (Å²) in [6.07, 6.45) is 2.85. The lowest BCUT2D eigenvalue weighted by Crippen LogP contribution is -2.12. The molecule has 0 saturated carbocycles. The maximum atomic E-state index is 12.6. The molecule has 0 aliphatic carbocycles. The van der Waals surface area contributed by atoms with Crippen molar-refractivity contribution < 1.29 is 4.79 Å². The molecule has 0 fully saturated rings. The quantitative estimate of drug-likeness (QED) is 0.646. The number of carbonyl (C=O) groups excluding carboxylic acids is 1. The number of rotatable bonds is 6. The Kier molecular flexibility index (Phi) is 4.48. The molecular formula is C18H21N3OS. The minimum Gasteiger partial charge on any atom is -0.348 e. The molecule has 0 aliphatic rings. The van der Waals surface area contributed by atoms with Gasteiger partial charge in [0.15, 0.2) is 5.78 Å². The molecule has 0 N–H and O–H groups in total. The Balaban J connectivity index is 1.75. The van der Waals surface area contributed by atoms with Gasteiger partial charge in [0.2, 0.25) is 0 Å². The predicted octanol–water partition coefficient (Wildman–Crippen LogP) is 3.80. The second kappa shape index (κ2) is 6.54. The number of Topliss-reactive ketones (excluding diaryl/α,β-unsaturated/α-hetero) is 1. The van der Waals surface area contributed by atoms with Crippen molar-refractivity contribution in [3.8, 4) is 0 Å². The number of hydrogen-bond donors (Lipinski definition) is 0. The Labute approximate surface area is 140 Å². The van der Waals surface area contributed by atoms with Crippen molar-refractivity contribution in [3.05, 3.63) is 63.4 Å². The molecule has 0 aliphatic heterocycles. The van der Waals surface area contributed by atoms with E-state index < -0.39 is 0 Å². The summed E-state index contributed by atoms with van der Waals surface area (Å²) in [5, 5.41) is 6.40. The van der Waals surface area contributed by atoms with Gasteiger partial charge in [0.05, 0.1) is 5.69 Å². The highest BCUT2D eigenvalue weighted by Gasteiger charge is 2.16. The Bertz CT molecular complexity index is 812. The van der Waals surface area contributed by atoms with E-state index in [0.717, 1.165) is 35.6 Å². The maximum Gasteiger partial charge on any atom is 0.186 e. The van der Waals surface area contributed by atoms with Gasteiger partial charge in [-0.1, -0.05) is 6.07 Å². The number of hydrogen-bond acceptors (Lipinski definition) is 3. The van der Waals surface area contributed by atoms with Gasteiger partial charge in [0.1, 0.15) is 6.54 Å². The zero-order valence-electron chi connectivity index (χ0n) is 13.7. The third kappa shape index (κ3) is 3.45. The number of carbonyl (C=O) groups is 1. The van der Waals surface area contributed by atoms with Crippen LogP contribution in [0.25, 0.3) is 0 Å². The van der Waals surface area contributed by atoms with Crippen LogP contribution in [0.2, 0.25) is 0 Å². The minimum atomic E-state index is 0.114. The first kappa shape index (κ1) is 15.7. The Morgan fingerprint density at radius 1 is 1.26 bits per heavy atom. The van der Waals surface area contributed by atoms with Crippen LogP contribution in [0.4, 0.5) is 0 Å². The van der Waals surface area contributed by atoms with E-state index in [-0.39, 0.29) is 5.78 Å². The van der Waals surface area contributed by atoms with E-state index >= 15 is 0 Å². The van der Waals surface area contributed by atoms with Crippen LogP contribution in [0.5, 0.6) is 0 Å². The van der Waals surface area contributed by atoms with Gasteiger partial charge in [0, 0.05) is 34.6 Å². The Morgan fingerprint density at radius 2 is 2.09 bits per heavy atom. The van der Waals surface area contributed by atoms with Crippen LogP contribution in [0.3, 0.4) is 0 Å². The number of aryl methyl sites for hydroxylation is 3. The normalized spacial score (nSPS) is 11.1. The lowest BCUT2D eigenvalue weighted by atomic mass is 10.1. The first-order valence-corrected chi connectivity index (χ1v) is 8.65. The molecule has 3 aromatic heterocycles. The van der Waals surface area contributed by atoms with Gasteiger partial charge in [-0.2, -0.15) is 5.10 Å². The summed E-state index contributed by atoms with van der Waals surface area (Å²) < 4.78 is 3.94. The second-order valence-corrected chi connectivity index (χ2v) is 6.88. The molecule has 23 heavy (non-hydrogen) atoms. The highest BCUT2D eigenvalue weighted by atomic mass is 32.1. The summed E-state index contributed by atoms with van der Waals surface area (Å²) in [5.74, 6) is 0.114. The number of ketones is 1. The average molecular weight is 327 g/mol. The Morgan fingerprint density at radius 3 is 2.74 bits per heavy atom. The average Bonchev–Trinajstić information content (AvgIpc) is 3.21. The van der Waals surface area contributed by atoms with Crippen molar-refractivity contribution in [2.24, 2.45) is 0 Å². The molecule has 5 heteroatoms. The van der Waals surface area contributed by atoms with E-state index in [4.69, 9.17) is 0 Å². The van der Waals surface area contributed by atoms with E-state index in [9.17, 15) is 4.79 Å². The molecule has 120 valence electrons. The molecule has 0 saturated heterocycles.